The molecule has 1 atom stereocenters. The van der Waals surface area contributed by atoms with Crippen LogP contribution in [0, 0.1) is 0 Å². The first kappa shape index (κ1) is 11.9. The third-order valence-electron chi connectivity index (χ3n) is 3.28. The van der Waals surface area contributed by atoms with Crippen molar-refractivity contribution in [3.63, 3.8) is 0 Å². The minimum atomic E-state index is -0.167. The number of fused-ring (bicyclic) bond motifs is 1. The third kappa shape index (κ3) is 1.91. The van der Waals surface area contributed by atoms with E-state index in [0.717, 1.165) is 22.2 Å². The van der Waals surface area contributed by atoms with Crippen molar-refractivity contribution in [1.29, 1.82) is 0 Å². The maximum atomic E-state index is 5.71. The highest BCUT2D eigenvalue weighted by Crippen LogP contribution is 2.27. The fourth-order valence-corrected chi connectivity index (χ4v) is 2.38. The minimum absolute atomic E-state index is 0.167. The van der Waals surface area contributed by atoms with E-state index in [1.54, 1.807) is 10.9 Å². The molecule has 0 amide bonds. The zero-order chi connectivity index (χ0) is 13.4. The van der Waals surface area contributed by atoms with Gasteiger partial charge in [-0.3, -0.25) is 15.2 Å². The van der Waals surface area contributed by atoms with Crippen molar-refractivity contribution >= 4 is 10.9 Å². The van der Waals surface area contributed by atoms with Crippen LogP contribution in [-0.2, 0) is 14.1 Å². The molecular weight excluding hydrogens is 240 g/mol. The lowest BCUT2D eigenvalue weighted by atomic mass is 10.0. The summed E-state index contributed by atoms with van der Waals surface area (Å²) in [5.41, 5.74) is 5.81. The van der Waals surface area contributed by atoms with Gasteiger partial charge in [0.15, 0.2) is 0 Å². The molecule has 98 valence electrons. The number of hydrogen-bond donors (Lipinski definition) is 2. The number of aryl methyl sites for hydroxylation is 2. The molecule has 0 radical (unpaired) electrons. The molecule has 1 aromatic carbocycles. The molecule has 3 rings (SSSR count). The number of nitrogens with two attached hydrogens (primary N) is 1. The number of nitrogens with one attached hydrogen (secondary N) is 1. The maximum Gasteiger partial charge on any atom is 0.0936 e. The normalized spacial score (nSPS) is 13.0. The van der Waals surface area contributed by atoms with Gasteiger partial charge in [0.2, 0.25) is 0 Å². The van der Waals surface area contributed by atoms with Crippen molar-refractivity contribution in [1.82, 2.24) is 25.0 Å². The smallest absolute Gasteiger partial charge is 0.0936 e. The lowest BCUT2D eigenvalue weighted by Gasteiger charge is -2.11. The van der Waals surface area contributed by atoms with Crippen molar-refractivity contribution < 1.29 is 0 Å². The fraction of sp³-hybridized carbons (Fsp3) is 0.231. The molecule has 0 bridgehead atoms. The van der Waals surface area contributed by atoms with E-state index >= 15 is 0 Å². The van der Waals surface area contributed by atoms with Gasteiger partial charge >= 0.3 is 0 Å². The lowest BCUT2D eigenvalue weighted by molar-refractivity contribution is 0.607. The van der Waals surface area contributed by atoms with Crippen LogP contribution in [0.1, 0.15) is 17.3 Å². The van der Waals surface area contributed by atoms with E-state index < -0.39 is 0 Å². The number of rotatable bonds is 3. The first-order valence-electron chi connectivity index (χ1n) is 6.07. The molecule has 0 spiro atoms. The summed E-state index contributed by atoms with van der Waals surface area (Å²) in [6.07, 6.45) is 3.74. The zero-order valence-electron chi connectivity index (χ0n) is 10.9. The van der Waals surface area contributed by atoms with E-state index in [0.29, 0.717) is 0 Å². The zero-order valence-corrected chi connectivity index (χ0v) is 10.9. The van der Waals surface area contributed by atoms with Crippen molar-refractivity contribution in [2.75, 3.05) is 0 Å². The van der Waals surface area contributed by atoms with Gasteiger partial charge in [0.1, 0.15) is 0 Å². The van der Waals surface area contributed by atoms with Crippen LogP contribution in [0.25, 0.3) is 10.9 Å². The molecule has 19 heavy (non-hydrogen) atoms. The van der Waals surface area contributed by atoms with E-state index in [9.17, 15) is 0 Å². The van der Waals surface area contributed by atoms with Gasteiger partial charge in [-0.1, -0.05) is 18.2 Å². The Kier molecular flexibility index (Phi) is 2.81. The quantitative estimate of drug-likeness (QED) is 0.538. The summed E-state index contributed by atoms with van der Waals surface area (Å²) in [5.74, 6) is 5.71. The monoisotopic (exact) mass is 256 g/mol. The molecule has 0 aliphatic rings. The number of nitrogens with zero attached hydrogens (tertiary/aromatic N) is 4. The summed E-state index contributed by atoms with van der Waals surface area (Å²) in [5, 5.41) is 9.86. The van der Waals surface area contributed by atoms with E-state index in [2.05, 4.69) is 21.7 Å². The molecule has 3 N–H and O–H groups in total. The van der Waals surface area contributed by atoms with Gasteiger partial charge in [-0.2, -0.15) is 10.2 Å². The summed E-state index contributed by atoms with van der Waals surface area (Å²) < 4.78 is 3.62. The molecule has 1 unspecified atom stereocenters. The van der Waals surface area contributed by atoms with Gasteiger partial charge in [-0.25, -0.2) is 5.43 Å². The maximum absolute atomic E-state index is 5.71. The van der Waals surface area contributed by atoms with Crippen molar-refractivity contribution in [3.8, 4) is 0 Å². The second kappa shape index (κ2) is 4.49. The van der Waals surface area contributed by atoms with E-state index in [4.69, 9.17) is 5.84 Å². The molecule has 0 aliphatic carbocycles. The lowest BCUT2D eigenvalue weighted by Crippen LogP contribution is -2.29. The van der Waals surface area contributed by atoms with E-state index in [1.807, 2.05) is 43.2 Å². The average molecular weight is 256 g/mol. The molecule has 2 aromatic heterocycles. The minimum Gasteiger partial charge on any atom is -0.275 e. The van der Waals surface area contributed by atoms with Crippen LogP contribution < -0.4 is 11.3 Å². The Bertz CT molecular complexity index is 711. The first-order valence-corrected chi connectivity index (χ1v) is 6.07. The Morgan fingerprint density at radius 1 is 1.26 bits per heavy atom. The second-order valence-electron chi connectivity index (χ2n) is 4.57. The highest BCUT2D eigenvalue weighted by molar-refractivity contribution is 5.82. The first-order chi connectivity index (χ1) is 9.20. The van der Waals surface area contributed by atoms with Crippen LogP contribution in [0.5, 0.6) is 0 Å². The van der Waals surface area contributed by atoms with Gasteiger partial charge in [-0.05, 0) is 6.07 Å². The van der Waals surface area contributed by atoms with Gasteiger partial charge in [0.05, 0.1) is 23.4 Å². The van der Waals surface area contributed by atoms with Crippen molar-refractivity contribution in [3.05, 3.63) is 47.9 Å². The Balaban J connectivity index is 2.16. The van der Waals surface area contributed by atoms with Crippen LogP contribution in [-0.4, -0.2) is 19.6 Å². The summed E-state index contributed by atoms with van der Waals surface area (Å²) in [6, 6.07) is 7.94. The van der Waals surface area contributed by atoms with E-state index in [-0.39, 0.29) is 6.04 Å². The highest BCUT2D eigenvalue weighted by atomic mass is 15.3. The van der Waals surface area contributed by atoms with Crippen molar-refractivity contribution in [2.45, 2.75) is 6.04 Å². The van der Waals surface area contributed by atoms with Crippen molar-refractivity contribution in [2.24, 2.45) is 19.9 Å². The fourth-order valence-electron chi connectivity index (χ4n) is 2.38. The van der Waals surface area contributed by atoms with Gasteiger partial charge in [-0.15, -0.1) is 0 Å². The predicted octanol–water partition coefficient (Wildman–Crippen LogP) is 0.859. The Labute approximate surface area is 110 Å². The topological polar surface area (TPSA) is 73.7 Å². The number of benzene rings is 1. The molecule has 0 aliphatic heterocycles. The Morgan fingerprint density at radius 2 is 2.05 bits per heavy atom. The average Bonchev–Trinajstić information content (AvgIpc) is 2.97. The van der Waals surface area contributed by atoms with Crippen LogP contribution in [0.4, 0.5) is 0 Å². The Morgan fingerprint density at radius 3 is 2.74 bits per heavy atom. The van der Waals surface area contributed by atoms with Gasteiger partial charge in [0.25, 0.3) is 0 Å². The van der Waals surface area contributed by atoms with Crippen LogP contribution >= 0.6 is 0 Å². The molecule has 6 nitrogen and oxygen atoms in total. The van der Waals surface area contributed by atoms with Gasteiger partial charge in [0, 0.05) is 31.2 Å². The molecule has 0 saturated carbocycles. The summed E-state index contributed by atoms with van der Waals surface area (Å²) in [7, 11) is 3.82. The summed E-state index contributed by atoms with van der Waals surface area (Å²) in [4.78, 5) is 0. The molecule has 3 aromatic rings. The standard InChI is InChI=1S/C13H16N6/c1-18-8-9(7-15-18)12(16-14)13-10-5-3-4-6-11(10)19(2)17-13/h3-8,12,16H,14H2,1-2H3. The summed E-state index contributed by atoms with van der Waals surface area (Å²) >= 11 is 0. The second-order valence-corrected chi connectivity index (χ2v) is 4.57. The van der Waals surface area contributed by atoms with Crippen LogP contribution in [0.15, 0.2) is 36.7 Å². The Hall–Kier alpha value is -2.18. The van der Waals surface area contributed by atoms with Crippen LogP contribution in [0.2, 0.25) is 0 Å². The molecule has 6 heteroatoms. The number of hydrogen-bond acceptors (Lipinski definition) is 4. The number of aromatic nitrogens is 4. The summed E-state index contributed by atoms with van der Waals surface area (Å²) in [6.45, 7) is 0. The molecule has 2 heterocycles. The predicted molar refractivity (Wildman–Crippen MR) is 73.1 cm³/mol. The SMILES string of the molecule is Cn1cc(C(NN)c2nn(C)c3ccccc23)cn1. The molecule has 0 saturated heterocycles. The number of hydrazine groups is 1. The highest BCUT2D eigenvalue weighted by Gasteiger charge is 2.20. The molecule has 0 fully saturated rings. The number of para-hydroxylation sites is 1. The van der Waals surface area contributed by atoms with E-state index in [1.165, 1.54) is 0 Å². The largest absolute Gasteiger partial charge is 0.275 e. The molecular formula is C13H16N6. The van der Waals surface area contributed by atoms with Gasteiger partial charge < -0.3 is 0 Å². The third-order valence-corrected chi connectivity index (χ3v) is 3.28. The van der Waals surface area contributed by atoms with Crippen LogP contribution in [0.3, 0.4) is 0 Å².